The van der Waals surface area contributed by atoms with Crippen molar-refractivity contribution in [2.24, 2.45) is 0 Å². The van der Waals surface area contributed by atoms with Crippen LogP contribution < -0.4 is 4.74 Å². The number of carbonyl (C=O) groups is 1. The van der Waals surface area contributed by atoms with E-state index in [0.29, 0.717) is 43.8 Å². The van der Waals surface area contributed by atoms with Crippen LogP contribution in [0, 0.1) is 12.7 Å². The quantitative estimate of drug-likeness (QED) is 0.840. The van der Waals surface area contributed by atoms with Crippen LogP contribution in [0.2, 0.25) is 0 Å². The molecule has 6 heteroatoms. The largest absolute Gasteiger partial charge is 0.478 e. The summed E-state index contributed by atoms with van der Waals surface area (Å²) >= 11 is 0. The molecule has 1 aromatic carbocycles. The van der Waals surface area contributed by atoms with Crippen LogP contribution in [0.1, 0.15) is 36.6 Å². The van der Waals surface area contributed by atoms with E-state index in [-0.39, 0.29) is 5.82 Å². The second-order valence-electron chi connectivity index (χ2n) is 7.10. The minimum absolute atomic E-state index is 0.361. The van der Waals surface area contributed by atoms with Gasteiger partial charge in [0, 0.05) is 38.7 Å². The standard InChI is InChI=1S/C21H25FN2O3/c1-3-16-4-6-18(23-13-16)14-24-10-8-21(9-11-24,20(25)26)27-19-7-5-17(22)12-15(19)2/h4-7,12-13H,3,8-11,14H2,1-2H3,(H,25,26). The van der Waals surface area contributed by atoms with E-state index in [1.807, 2.05) is 12.3 Å². The maximum Gasteiger partial charge on any atom is 0.348 e. The third-order valence-corrected chi connectivity index (χ3v) is 5.18. The number of ether oxygens (including phenoxy) is 1. The van der Waals surface area contributed by atoms with Crippen molar-refractivity contribution < 1.29 is 19.0 Å². The van der Waals surface area contributed by atoms with Gasteiger partial charge in [0.05, 0.1) is 5.69 Å². The van der Waals surface area contributed by atoms with Gasteiger partial charge >= 0.3 is 5.97 Å². The van der Waals surface area contributed by atoms with E-state index in [0.717, 1.165) is 12.1 Å². The highest BCUT2D eigenvalue weighted by molar-refractivity contribution is 5.78. The van der Waals surface area contributed by atoms with Crippen molar-refractivity contribution in [2.75, 3.05) is 13.1 Å². The third-order valence-electron chi connectivity index (χ3n) is 5.18. The fourth-order valence-electron chi connectivity index (χ4n) is 3.36. The van der Waals surface area contributed by atoms with Crippen molar-refractivity contribution in [1.82, 2.24) is 9.88 Å². The molecular formula is C21H25FN2O3. The molecule has 0 radical (unpaired) electrons. The Morgan fingerprint density at radius 1 is 1.30 bits per heavy atom. The molecule has 2 heterocycles. The van der Waals surface area contributed by atoms with Gasteiger partial charge in [0.1, 0.15) is 11.6 Å². The number of nitrogens with zero attached hydrogens (tertiary/aromatic N) is 2. The highest BCUT2D eigenvalue weighted by Gasteiger charge is 2.44. The topological polar surface area (TPSA) is 62.7 Å². The van der Waals surface area contributed by atoms with Crippen molar-refractivity contribution in [3.63, 3.8) is 0 Å². The Kier molecular flexibility index (Phi) is 5.75. The van der Waals surface area contributed by atoms with Gasteiger partial charge in [-0.25, -0.2) is 9.18 Å². The summed E-state index contributed by atoms with van der Waals surface area (Å²) in [6.45, 7) is 5.70. The number of carboxylic acid groups (broad SMARTS) is 1. The number of likely N-dealkylation sites (tertiary alicyclic amines) is 1. The minimum atomic E-state index is -1.28. The number of aliphatic carboxylic acids is 1. The van der Waals surface area contributed by atoms with Crippen LogP contribution in [-0.2, 0) is 17.8 Å². The van der Waals surface area contributed by atoms with Gasteiger partial charge in [0.25, 0.3) is 0 Å². The summed E-state index contributed by atoms with van der Waals surface area (Å²) in [5.41, 5.74) is 1.49. The maximum absolute atomic E-state index is 13.3. The van der Waals surface area contributed by atoms with Crippen molar-refractivity contribution in [3.05, 3.63) is 59.2 Å². The van der Waals surface area contributed by atoms with Gasteiger partial charge in [-0.3, -0.25) is 9.88 Å². The summed E-state index contributed by atoms with van der Waals surface area (Å²) in [5, 5.41) is 9.80. The number of hydrogen-bond acceptors (Lipinski definition) is 4. The lowest BCUT2D eigenvalue weighted by Gasteiger charge is -2.39. The lowest BCUT2D eigenvalue weighted by atomic mass is 9.90. The van der Waals surface area contributed by atoms with E-state index in [1.54, 1.807) is 6.92 Å². The lowest BCUT2D eigenvalue weighted by Crippen LogP contribution is -2.53. The Balaban J connectivity index is 1.66. The molecule has 0 unspecified atom stereocenters. The van der Waals surface area contributed by atoms with Crippen molar-refractivity contribution in [1.29, 1.82) is 0 Å². The molecule has 5 nitrogen and oxygen atoms in total. The number of benzene rings is 1. The molecule has 0 atom stereocenters. The fraction of sp³-hybridized carbons (Fsp3) is 0.429. The Morgan fingerprint density at radius 3 is 2.59 bits per heavy atom. The summed E-state index contributed by atoms with van der Waals surface area (Å²) in [6.07, 6.45) is 3.58. The Morgan fingerprint density at radius 2 is 2.04 bits per heavy atom. The highest BCUT2D eigenvalue weighted by atomic mass is 19.1. The zero-order chi connectivity index (χ0) is 19.4. The van der Waals surface area contributed by atoms with Gasteiger partial charge in [0.2, 0.25) is 5.60 Å². The van der Waals surface area contributed by atoms with E-state index >= 15 is 0 Å². The number of halogens is 1. The van der Waals surface area contributed by atoms with E-state index < -0.39 is 11.6 Å². The molecule has 0 saturated carbocycles. The Bertz CT molecular complexity index is 800. The normalized spacial score (nSPS) is 16.9. The predicted molar refractivity (Wildman–Crippen MR) is 100 cm³/mol. The molecule has 3 rings (SSSR count). The molecule has 1 N–H and O–H groups in total. The van der Waals surface area contributed by atoms with Crippen LogP contribution in [-0.4, -0.2) is 39.7 Å². The first-order chi connectivity index (χ1) is 12.9. The molecule has 144 valence electrons. The van der Waals surface area contributed by atoms with Gasteiger partial charge in [-0.05, 0) is 48.7 Å². The Hall–Kier alpha value is -2.47. The van der Waals surface area contributed by atoms with Crippen molar-refractivity contribution in [3.8, 4) is 5.75 Å². The number of aromatic nitrogens is 1. The molecule has 0 bridgehead atoms. The van der Waals surface area contributed by atoms with E-state index in [4.69, 9.17) is 4.74 Å². The molecule has 1 aliphatic heterocycles. The summed E-state index contributed by atoms with van der Waals surface area (Å²) in [4.78, 5) is 18.6. The third kappa shape index (κ3) is 4.45. The summed E-state index contributed by atoms with van der Waals surface area (Å²) < 4.78 is 19.2. The SMILES string of the molecule is CCc1ccc(CN2CCC(Oc3ccc(F)cc3C)(C(=O)O)CC2)nc1. The number of aryl methyl sites for hydroxylation is 2. The maximum atomic E-state index is 13.3. The van der Waals surface area contributed by atoms with Gasteiger partial charge in [-0.1, -0.05) is 13.0 Å². The second kappa shape index (κ2) is 8.05. The first-order valence-corrected chi connectivity index (χ1v) is 9.26. The molecule has 2 aromatic rings. The summed E-state index contributed by atoms with van der Waals surface area (Å²) in [7, 11) is 0. The van der Waals surface area contributed by atoms with Gasteiger partial charge in [0.15, 0.2) is 0 Å². The monoisotopic (exact) mass is 372 g/mol. The first-order valence-electron chi connectivity index (χ1n) is 9.26. The van der Waals surface area contributed by atoms with Crippen LogP contribution >= 0.6 is 0 Å². The lowest BCUT2D eigenvalue weighted by molar-refractivity contribution is -0.160. The molecule has 1 aromatic heterocycles. The molecule has 0 spiro atoms. The molecule has 1 aliphatic rings. The summed E-state index contributed by atoms with van der Waals surface area (Å²) in [6, 6.07) is 8.25. The average Bonchev–Trinajstić information content (AvgIpc) is 2.66. The number of pyridine rings is 1. The zero-order valence-corrected chi connectivity index (χ0v) is 15.7. The van der Waals surface area contributed by atoms with Crippen LogP contribution in [0.15, 0.2) is 36.5 Å². The molecule has 27 heavy (non-hydrogen) atoms. The van der Waals surface area contributed by atoms with Crippen LogP contribution in [0.3, 0.4) is 0 Å². The van der Waals surface area contributed by atoms with Crippen molar-refractivity contribution >= 4 is 5.97 Å². The number of rotatable bonds is 6. The molecule has 0 aliphatic carbocycles. The molecule has 1 saturated heterocycles. The van der Waals surface area contributed by atoms with Crippen LogP contribution in [0.5, 0.6) is 5.75 Å². The van der Waals surface area contributed by atoms with Gasteiger partial charge in [-0.15, -0.1) is 0 Å². The van der Waals surface area contributed by atoms with Gasteiger partial charge in [-0.2, -0.15) is 0 Å². The minimum Gasteiger partial charge on any atom is -0.478 e. The van der Waals surface area contributed by atoms with Crippen molar-refractivity contribution in [2.45, 2.75) is 45.3 Å². The van der Waals surface area contributed by atoms with Crippen LogP contribution in [0.25, 0.3) is 0 Å². The van der Waals surface area contributed by atoms with Gasteiger partial charge < -0.3 is 9.84 Å². The van der Waals surface area contributed by atoms with E-state index in [1.165, 1.54) is 23.8 Å². The zero-order valence-electron chi connectivity index (χ0n) is 15.7. The molecule has 1 fully saturated rings. The molecular weight excluding hydrogens is 347 g/mol. The van der Waals surface area contributed by atoms with E-state index in [2.05, 4.69) is 22.9 Å². The highest BCUT2D eigenvalue weighted by Crippen LogP contribution is 2.31. The van der Waals surface area contributed by atoms with E-state index in [9.17, 15) is 14.3 Å². The summed E-state index contributed by atoms with van der Waals surface area (Å²) in [5.74, 6) is -0.916. The first kappa shape index (κ1) is 19.3. The number of hydrogen-bond donors (Lipinski definition) is 1. The fourth-order valence-corrected chi connectivity index (χ4v) is 3.36. The van der Waals surface area contributed by atoms with Crippen LogP contribution in [0.4, 0.5) is 4.39 Å². The number of piperidine rings is 1. The number of carboxylic acids is 1. The predicted octanol–water partition coefficient (Wildman–Crippen LogP) is 3.59. The Labute approximate surface area is 158 Å². The molecule has 0 amide bonds. The average molecular weight is 372 g/mol. The second-order valence-corrected chi connectivity index (χ2v) is 7.10. The smallest absolute Gasteiger partial charge is 0.348 e.